The summed E-state index contributed by atoms with van der Waals surface area (Å²) in [5.41, 5.74) is 10.8. The van der Waals surface area contributed by atoms with Crippen molar-refractivity contribution in [3.63, 3.8) is 0 Å². The summed E-state index contributed by atoms with van der Waals surface area (Å²) in [4.78, 5) is 0. The lowest BCUT2D eigenvalue weighted by Gasteiger charge is -2.34. The van der Waals surface area contributed by atoms with Crippen molar-refractivity contribution in [1.29, 1.82) is 0 Å². The smallest absolute Gasteiger partial charge is 0.399 e. The van der Waals surface area contributed by atoms with E-state index in [0.29, 0.717) is 0 Å². The summed E-state index contributed by atoms with van der Waals surface area (Å²) in [7, 11) is -0.854. The molecule has 50 heavy (non-hydrogen) atoms. The molecule has 0 saturated carbocycles. The second-order valence-corrected chi connectivity index (χ2v) is 16.3. The van der Waals surface area contributed by atoms with E-state index in [9.17, 15) is 0 Å². The summed E-state index contributed by atoms with van der Waals surface area (Å²) < 4.78 is 25.9. The second-order valence-electron chi connectivity index (χ2n) is 16.3. The third kappa shape index (κ3) is 4.98. The van der Waals surface area contributed by atoms with Gasteiger partial charge in [-0.15, -0.1) is 0 Å². The molecule has 2 heterocycles. The molecule has 3 aliphatic rings. The van der Waals surface area contributed by atoms with Crippen LogP contribution in [0, 0.1) is 6.92 Å². The summed E-state index contributed by atoms with van der Waals surface area (Å²) in [5, 5.41) is 0. The quantitative estimate of drug-likeness (QED) is 0.174. The van der Waals surface area contributed by atoms with E-state index in [2.05, 4.69) is 178 Å². The lowest BCUT2D eigenvalue weighted by Crippen LogP contribution is -2.41. The van der Waals surface area contributed by atoms with Crippen LogP contribution in [0.3, 0.4) is 0 Å². The van der Waals surface area contributed by atoms with E-state index in [1.54, 1.807) is 0 Å². The molecule has 8 rings (SSSR count). The third-order valence-electron chi connectivity index (χ3n) is 12.1. The van der Waals surface area contributed by atoms with Crippen LogP contribution in [-0.4, -0.2) is 36.6 Å². The van der Waals surface area contributed by atoms with Crippen molar-refractivity contribution in [1.82, 2.24) is 0 Å². The Morgan fingerprint density at radius 1 is 0.420 bits per heavy atom. The number of hydrogen-bond donors (Lipinski definition) is 0. The zero-order valence-electron chi connectivity index (χ0n) is 30.8. The number of aryl methyl sites for hydroxylation is 1. The molecule has 1 atom stereocenters. The highest BCUT2D eigenvalue weighted by Crippen LogP contribution is 2.56. The van der Waals surface area contributed by atoms with Crippen LogP contribution in [0.25, 0.3) is 22.3 Å². The van der Waals surface area contributed by atoms with Gasteiger partial charge in [-0.1, -0.05) is 115 Å². The Morgan fingerprint density at radius 3 is 1.42 bits per heavy atom. The standard InChI is InChI=1S/C44H46B2O4/c1-29-15-20-33(21-16-29)44(32-13-11-10-12-14-32)38-27-31(30-17-22-34(23-18-30)45-47-40(2,3)41(4,5)48-45)19-25-36(38)37-26-24-35(28-39(37)44)46-49-42(6,7)43(8,9)50-46/h10-28H,1-9H3. The molecule has 0 bridgehead atoms. The first-order valence-corrected chi connectivity index (χ1v) is 17.9. The summed E-state index contributed by atoms with van der Waals surface area (Å²) in [6.45, 7) is 19.0. The molecule has 5 aromatic carbocycles. The van der Waals surface area contributed by atoms with Gasteiger partial charge in [0.15, 0.2) is 0 Å². The molecular formula is C44H46B2O4. The highest BCUT2D eigenvalue weighted by Gasteiger charge is 2.54. The topological polar surface area (TPSA) is 36.9 Å². The minimum absolute atomic E-state index is 0.385. The monoisotopic (exact) mass is 660 g/mol. The van der Waals surface area contributed by atoms with Gasteiger partial charge in [0.25, 0.3) is 0 Å². The van der Waals surface area contributed by atoms with Crippen molar-refractivity contribution in [2.24, 2.45) is 0 Å². The zero-order chi connectivity index (χ0) is 35.3. The number of benzene rings is 5. The molecule has 4 nitrogen and oxygen atoms in total. The fraction of sp³-hybridized carbons (Fsp3) is 0.318. The highest BCUT2D eigenvalue weighted by atomic mass is 16.7. The van der Waals surface area contributed by atoms with Gasteiger partial charge in [-0.3, -0.25) is 0 Å². The molecule has 6 heteroatoms. The lowest BCUT2D eigenvalue weighted by atomic mass is 9.66. The zero-order valence-corrected chi connectivity index (χ0v) is 30.8. The predicted octanol–water partition coefficient (Wildman–Crippen LogP) is 8.62. The van der Waals surface area contributed by atoms with Gasteiger partial charge in [0.2, 0.25) is 0 Å². The van der Waals surface area contributed by atoms with E-state index < -0.39 is 30.9 Å². The molecule has 1 unspecified atom stereocenters. The van der Waals surface area contributed by atoms with Gasteiger partial charge in [0.1, 0.15) is 0 Å². The maximum absolute atomic E-state index is 6.59. The number of fused-ring (bicyclic) bond motifs is 3. The fourth-order valence-electron chi connectivity index (χ4n) is 7.74. The van der Waals surface area contributed by atoms with Crippen LogP contribution in [0.2, 0.25) is 0 Å². The van der Waals surface area contributed by atoms with Gasteiger partial charge in [-0.05, 0) is 124 Å². The van der Waals surface area contributed by atoms with Crippen molar-refractivity contribution >= 4 is 25.2 Å². The Hall–Kier alpha value is -3.93. The van der Waals surface area contributed by atoms with Crippen molar-refractivity contribution in [2.75, 3.05) is 0 Å². The first-order valence-electron chi connectivity index (χ1n) is 17.9. The molecule has 0 N–H and O–H groups in total. The van der Waals surface area contributed by atoms with E-state index in [0.717, 1.165) is 22.1 Å². The Balaban J connectivity index is 1.29. The van der Waals surface area contributed by atoms with Gasteiger partial charge >= 0.3 is 14.2 Å². The molecule has 0 radical (unpaired) electrons. The van der Waals surface area contributed by atoms with Gasteiger partial charge in [0, 0.05) is 0 Å². The Labute approximate surface area is 298 Å². The molecule has 5 aromatic rings. The fourth-order valence-corrected chi connectivity index (χ4v) is 7.74. The van der Waals surface area contributed by atoms with Crippen LogP contribution in [0.5, 0.6) is 0 Å². The summed E-state index contributed by atoms with van der Waals surface area (Å²) in [6.07, 6.45) is 0. The number of hydrogen-bond acceptors (Lipinski definition) is 4. The van der Waals surface area contributed by atoms with Gasteiger partial charge in [-0.25, -0.2) is 0 Å². The molecule has 1 aliphatic carbocycles. The minimum Gasteiger partial charge on any atom is -0.399 e. The van der Waals surface area contributed by atoms with Crippen LogP contribution in [0.4, 0.5) is 0 Å². The molecule has 0 amide bonds. The molecule has 2 saturated heterocycles. The molecule has 0 spiro atoms. The van der Waals surface area contributed by atoms with Crippen molar-refractivity contribution < 1.29 is 18.6 Å². The third-order valence-corrected chi connectivity index (χ3v) is 12.1. The van der Waals surface area contributed by atoms with E-state index in [1.807, 2.05) is 0 Å². The predicted molar refractivity (Wildman–Crippen MR) is 205 cm³/mol. The SMILES string of the molecule is Cc1ccc(C2(c3ccccc3)c3cc(B4OC(C)(C)C(C)(C)O4)ccc3-c3ccc(-c4ccc(B5OC(C)(C)C(C)(C)O5)cc4)cc32)cc1. The van der Waals surface area contributed by atoms with Crippen LogP contribution < -0.4 is 10.9 Å². The second kappa shape index (κ2) is 11.3. The maximum Gasteiger partial charge on any atom is 0.494 e. The normalized spacial score (nSPS) is 22.4. The van der Waals surface area contributed by atoms with E-state index >= 15 is 0 Å². The van der Waals surface area contributed by atoms with Crippen LogP contribution in [0.1, 0.15) is 83.2 Å². The van der Waals surface area contributed by atoms with E-state index in [-0.39, 0.29) is 11.2 Å². The first-order chi connectivity index (χ1) is 23.6. The Morgan fingerprint density at radius 2 is 0.860 bits per heavy atom. The molecule has 2 aliphatic heterocycles. The van der Waals surface area contributed by atoms with Gasteiger partial charge < -0.3 is 18.6 Å². The minimum atomic E-state index is -0.558. The molecule has 2 fully saturated rings. The lowest BCUT2D eigenvalue weighted by molar-refractivity contribution is 0.00578. The van der Waals surface area contributed by atoms with E-state index in [4.69, 9.17) is 18.6 Å². The molecule has 0 aromatic heterocycles. The largest absolute Gasteiger partial charge is 0.494 e. The molecule has 252 valence electrons. The van der Waals surface area contributed by atoms with Gasteiger partial charge in [0.05, 0.1) is 27.8 Å². The first kappa shape index (κ1) is 33.2. The van der Waals surface area contributed by atoms with Crippen LogP contribution in [0.15, 0.2) is 115 Å². The van der Waals surface area contributed by atoms with E-state index in [1.165, 1.54) is 38.9 Å². The van der Waals surface area contributed by atoms with Crippen molar-refractivity contribution in [3.8, 4) is 22.3 Å². The summed E-state index contributed by atoms with van der Waals surface area (Å²) in [5.74, 6) is 0. The average molecular weight is 660 g/mol. The average Bonchev–Trinajstić information content (AvgIpc) is 3.59. The maximum atomic E-state index is 6.59. The van der Waals surface area contributed by atoms with Crippen molar-refractivity contribution in [2.45, 2.75) is 90.1 Å². The Kier molecular flexibility index (Phi) is 7.50. The number of rotatable bonds is 5. The molecular weight excluding hydrogens is 614 g/mol. The highest BCUT2D eigenvalue weighted by molar-refractivity contribution is 6.62. The summed E-state index contributed by atoms with van der Waals surface area (Å²) >= 11 is 0. The Bertz CT molecular complexity index is 2050. The summed E-state index contributed by atoms with van der Waals surface area (Å²) in [6, 6.07) is 42.4. The van der Waals surface area contributed by atoms with Crippen LogP contribution in [-0.2, 0) is 24.0 Å². The van der Waals surface area contributed by atoms with Gasteiger partial charge in [-0.2, -0.15) is 0 Å². The van der Waals surface area contributed by atoms with Crippen LogP contribution >= 0.6 is 0 Å². The van der Waals surface area contributed by atoms with Crippen molar-refractivity contribution in [3.05, 3.63) is 143 Å².